The molecule has 0 radical (unpaired) electrons. The van der Waals surface area contributed by atoms with Crippen molar-refractivity contribution in [1.29, 1.82) is 10.5 Å². The zero-order valence-corrected chi connectivity index (χ0v) is 27.6. The Morgan fingerprint density at radius 2 is 0.885 bits per heavy atom. The third-order valence-electron chi connectivity index (χ3n) is 8.02. The van der Waals surface area contributed by atoms with Crippen LogP contribution in [0.25, 0.3) is 45.0 Å². The van der Waals surface area contributed by atoms with Gasteiger partial charge in [0.15, 0.2) is 0 Å². The van der Waals surface area contributed by atoms with Crippen molar-refractivity contribution in [2.75, 3.05) is 0 Å². The van der Waals surface area contributed by atoms with Crippen molar-refractivity contribution in [2.24, 2.45) is 0 Å². The summed E-state index contributed by atoms with van der Waals surface area (Å²) in [6.45, 7) is 1.04. The number of aromatic nitrogens is 10. The average molecular weight is 677 g/mol. The van der Waals surface area contributed by atoms with Crippen molar-refractivity contribution in [3.63, 3.8) is 0 Å². The van der Waals surface area contributed by atoms with E-state index in [0.29, 0.717) is 35.9 Å². The van der Waals surface area contributed by atoms with Crippen LogP contribution in [0.2, 0.25) is 0 Å². The maximum atomic E-state index is 9.24. The van der Waals surface area contributed by atoms with Gasteiger partial charge in [-0.05, 0) is 80.2 Å². The number of hydrogen-bond acceptors (Lipinski definition) is 10. The molecule has 4 aromatic carbocycles. The highest BCUT2D eigenvalue weighted by Crippen LogP contribution is 2.25. The van der Waals surface area contributed by atoms with E-state index in [2.05, 4.69) is 52.9 Å². The lowest BCUT2D eigenvalue weighted by atomic mass is 9.99. The van der Waals surface area contributed by atoms with Gasteiger partial charge in [0, 0.05) is 35.9 Å². The van der Waals surface area contributed by atoms with Crippen molar-refractivity contribution in [1.82, 2.24) is 50.4 Å². The summed E-state index contributed by atoms with van der Waals surface area (Å²) in [6.07, 6.45) is 6.84. The minimum absolute atomic E-state index is 0.521. The molecule has 0 spiro atoms. The molecule has 0 saturated heterocycles. The molecule has 0 unspecified atom stereocenters. The van der Waals surface area contributed by atoms with Crippen molar-refractivity contribution < 1.29 is 0 Å². The van der Waals surface area contributed by atoms with Crippen LogP contribution in [0.4, 0.5) is 0 Å². The number of tetrazole rings is 2. The third-order valence-corrected chi connectivity index (χ3v) is 8.02. The van der Waals surface area contributed by atoms with Gasteiger partial charge in [0.25, 0.3) is 0 Å². The van der Waals surface area contributed by atoms with Gasteiger partial charge in [-0.2, -0.15) is 20.1 Å². The van der Waals surface area contributed by atoms with Crippen molar-refractivity contribution in [3.8, 4) is 57.2 Å². The van der Waals surface area contributed by atoms with Crippen LogP contribution in [-0.2, 0) is 13.1 Å². The largest absolute Gasteiger partial charge is 0.264 e. The molecule has 0 N–H and O–H groups in total. The number of pyridine rings is 2. The number of nitriles is 2. The Labute approximate surface area is 298 Å². The lowest BCUT2D eigenvalue weighted by Crippen LogP contribution is -2.04. The van der Waals surface area contributed by atoms with Crippen molar-refractivity contribution in [2.45, 2.75) is 13.1 Å². The fraction of sp³-hybridized carbons (Fsp3) is 0.0500. The fourth-order valence-corrected chi connectivity index (χ4v) is 5.41. The van der Waals surface area contributed by atoms with Gasteiger partial charge in [0.05, 0.1) is 36.4 Å². The van der Waals surface area contributed by atoms with Crippen LogP contribution in [0.3, 0.4) is 0 Å². The number of hydrogen-bond donors (Lipinski definition) is 0. The number of nitrogens with zero attached hydrogens (tertiary/aromatic N) is 12. The van der Waals surface area contributed by atoms with E-state index in [0.717, 1.165) is 44.5 Å². The summed E-state index contributed by atoms with van der Waals surface area (Å²) in [7, 11) is 0. The average Bonchev–Trinajstić information content (AvgIpc) is 3.90. The maximum absolute atomic E-state index is 9.24. The number of rotatable bonds is 8. The summed E-state index contributed by atoms with van der Waals surface area (Å²) in [5, 5.41) is 43.6. The van der Waals surface area contributed by atoms with E-state index >= 15 is 0 Å². The highest BCUT2D eigenvalue weighted by molar-refractivity contribution is 5.71. The van der Waals surface area contributed by atoms with E-state index in [1.165, 1.54) is 0 Å². The zero-order chi connectivity index (χ0) is 35.5. The molecule has 8 aromatic rings. The van der Waals surface area contributed by atoms with Gasteiger partial charge in [0.2, 0.25) is 11.6 Å². The minimum Gasteiger partial charge on any atom is -0.264 e. The van der Waals surface area contributed by atoms with Gasteiger partial charge in [-0.25, -0.2) is 0 Å². The quantitative estimate of drug-likeness (QED) is 0.171. The van der Waals surface area contributed by atoms with Crippen LogP contribution < -0.4 is 0 Å². The molecular weight excluding hydrogens is 649 g/mol. The lowest BCUT2D eigenvalue weighted by molar-refractivity contribution is 0.573. The summed E-state index contributed by atoms with van der Waals surface area (Å²) in [5.74, 6) is 1.11. The van der Waals surface area contributed by atoms with Crippen molar-refractivity contribution >= 4 is 0 Å². The first-order valence-corrected chi connectivity index (χ1v) is 16.2. The smallest absolute Gasteiger partial charge is 0.206 e. The van der Waals surface area contributed by atoms with Crippen LogP contribution in [0.5, 0.6) is 0 Å². The summed E-state index contributed by atoms with van der Waals surface area (Å²) in [4.78, 5) is 11.2. The van der Waals surface area contributed by atoms with Gasteiger partial charge in [-0.1, -0.05) is 84.9 Å². The Balaban J connectivity index is 0.000000162. The van der Waals surface area contributed by atoms with E-state index in [1.807, 2.05) is 121 Å². The van der Waals surface area contributed by atoms with Gasteiger partial charge >= 0.3 is 0 Å². The van der Waals surface area contributed by atoms with Gasteiger partial charge < -0.3 is 0 Å². The van der Waals surface area contributed by atoms with Crippen LogP contribution in [0, 0.1) is 22.7 Å². The molecule has 0 aliphatic heterocycles. The second-order valence-corrected chi connectivity index (χ2v) is 11.5. The molecule has 52 heavy (non-hydrogen) atoms. The Bertz CT molecular complexity index is 2300. The molecule has 8 rings (SSSR count). The molecule has 0 fully saturated rings. The Morgan fingerprint density at radius 3 is 1.27 bits per heavy atom. The van der Waals surface area contributed by atoms with E-state index in [-0.39, 0.29) is 0 Å². The van der Waals surface area contributed by atoms with E-state index in [1.54, 1.807) is 34.4 Å². The fourth-order valence-electron chi connectivity index (χ4n) is 5.41. The summed E-state index contributed by atoms with van der Waals surface area (Å²) >= 11 is 0. The van der Waals surface area contributed by atoms with Gasteiger partial charge in [0.1, 0.15) is 0 Å². The molecule has 0 atom stereocenters. The first-order valence-electron chi connectivity index (χ1n) is 16.2. The van der Waals surface area contributed by atoms with Crippen LogP contribution in [0.15, 0.2) is 146 Å². The molecule has 12 nitrogen and oxygen atoms in total. The van der Waals surface area contributed by atoms with E-state index < -0.39 is 0 Å². The molecule has 4 heterocycles. The topological polar surface area (TPSA) is 161 Å². The predicted octanol–water partition coefficient (Wildman–Crippen LogP) is 6.64. The Hall–Kier alpha value is -7.70. The lowest BCUT2D eigenvalue weighted by Gasteiger charge is -2.05. The molecule has 0 bridgehead atoms. The Morgan fingerprint density at radius 1 is 0.462 bits per heavy atom. The molecule has 248 valence electrons. The number of benzene rings is 4. The minimum atomic E-state index is 0.521. The highest BCUT2D eigenvalue weighted by atomic mass is 15.6. The first-order chi connectivity index (χ1) is 25.7. The van der Waals surface area contributed by atoms with Crippen LogP contribution >= 0.6 is 0 Å². The second-order valence-electron chi connectivity index (χ2n) is 11.5. The molecule has 0 aliphatic carbocycles. The Kier molecular flexibility index (Phi) is 9.90. The summed E-state index contributed by atoms with van der Waals surface area (Å²) < 4.78 is 0. The molecule has 0 aliphatic rings. The summed E-state index contributed by atoms with van der Waals surface area (Å²) in [5.41, 5.74) is 8.99. The van der Waals surface area contributed by atoms with E-state index in [4.69, 9.17) is 0 Å². The first kappa shape index (κ1) is 32.8. The molecule has 12 heteroatoms. The summed E-state index contributed by atoms with van der Waals surface area (Å²) in [6, 6.07) is 43.1. The molecule has 0 amide bonds. The zero-order valence-electron chi connectivity index (χ0n) is 27.6. The van der Waals surface area contributed by atoms with Crippen LogP contribution in [0.1, 0.15) is 22.3 Å². The normalized spacial score (nSPS) is 10.4. The maximum Gasteiger partial charge on any atom is 0.206 e. The van der Waals surface area contributed by atoms with Gasteiger partial charge in [-0.3, -0.25) is 9.97 Å². The monoisotopic (exact) mass is 676 g/mol. The third kappa shape index (κ3) is 7.78. The standard InChI is InChI=1S/2C20H14N6/c2*21-12-17-4-1-2-6-19(17)16-9-7-15(8-10-16)14-26-24-20(23-25-26)18-5-3-11-22-13-18/h2*1-11,13H,14H2. The molecular formula is C40H28N12. The molecule has 0 saturated carbocycles. The SMILES string of the molecule is N#Cc1ccccc1-c1ccc(Cn2nnc(-c3cccnc3)n2)cc1.N#Cc1ccccc1-c1ccc(Cn2nnc(-c3cccnc3)n2)cc1. The second kappa shape index (κ2) is 15.7. The van der Waals surface area contributed by atoms with Gasteiger partial charge in [-0.15, -0.1) is 20.4 Å². The van der Waals surface area contributed by atoms with Crippen LogP contribution in [-0.4, -0.2) is 50.4 Å². The molecule has 4 aromatic heterocycles. The predicted molar refractivity (Wildman–Crippen MR) is 193 cm³/mol. The van der Waals surface area contributed by atoms with Crippen molar-refractivity contribution in [3.05, 3.63) is 168 Å². The van der Waals surface area contributed by atoms with E-state index in [9.17, 15) is 10.5 Å². The highest BCUT2D eigenvalue weighted by Gasteiger charge is 2.09.